The van der Waals surface area contributed by atoms with Gasteiger partial charge in [0.05, 0.1) is 5.41 Å². The third-order valence-electron chi connectivity index (χ3n) is 6.08. The molecule has 2 saturated carbocycles. The summed E-state index contributed by atoms with van der Waals surface area (Å²) in [7, 11) is 0. The van der Waals surface area contributed by atoms with E-state index in [0.29, 0.717) is 23.7 Å². The van der Waals surface area contributed by atoms with Crippen molar-refractivity contribution in [2.75, 3.05) is 11.4 Å². The van der Waals surface area contributed by atoms with Gasteiger partial charge >= 0.3 is 33.9 Å². The molecule has 3 aliphatic rings. The third kappa shape index (κ3) is 4.78. The van der Waals surface area contributed by atoms with E-state index < -0.39 is 0 Å². The Hall–Kier alpha value is -1.57. The van der Waals surface area contributed by atoms with E-state index in [-0.39, 0.29) is 22.5 Å². The summed E-state index contributed by atoms with van der Waals surface area (Å²) in [5.41, 5.74) is 0.763. The van der Waals surface area contributed by atoms with Crippen molar-refractivity contribution in [3.63, 3.8) is 0 Å². The molecule has 29 heavy (non-hydrogen) atoms. The van der Waals surface area contributed by atoms with Crippen LogP contribution in [0.25, 0.3) is 0 Å². The summed E-state index contributed by atoms with van der Waals surface area (Å²) in [5.74, 6) is 3.20. The Kier molecular flexibility index (Phi) is 12.2. The number of para-hydroxylation sites is 1. The molecular weight excluding hydrogens is 410 g/mol. The summed E-state index contributed by atoms with van der Waals surface area (Å²) in [5, 5.41) is 0. The molecule has 0 N–H and O–H groups in total. The van der Waals surface area contributed by atoms with Crippen LogP contribution in [0.1, 0.15) is 26.7 Å². The smallest absolute Gasteiger partial charge is 0 e. The fraction of sp³-hybridized carbons (Fsp3) is 0.391. The first-order valence-corrected chi connectivity index (χ1v) is 9.02. The van der Waals surface area contributed by atoms with Crippen LogP contribution in [0.2, 0.25) is 0 Å². The Morgan fingerprint density at radius 1 is 1.10 bits per heavy atom. The molecule has 4 rings (SSSR count). The number of hydrogen-bond donors (Lipinski definition) is 0. The molecule has 1 spiro atoms. The van der Waals surface area contributed by atoms with Crippen molar-refractivity contribution in [2.24, 2.45) is 23.2 Å². The molecule has 1 heterocycles. The number of nitrogens with zero attached hydrogens (tertiary/aromatic N) is 1. The maximum atomic E-state index is 13.4. The monoisotopic (exact) mass is 433 g/mol. The van der Waals surface area contributed by atoms with E-state index in [4.69, 9.17) is 14.0 Å². The first kappa shape index (κ1) is 27.4. The van der Waals surface area contributed by atoms with Crippen molar-refractivity contribution in [3.05, 3.63) is 75.5 Å². The Bertz CT molecular complexity index is 688. The van der Waals surface area contributed by atoms with Gasteiger partial charge in [-0.3, -0.25) is 4.79 Å². The summed E-state index contributed by atoms with van der Waals surface area (Å²) in [4.78, 5) is 15.4. The van der Waals surface area contributed by atoms with Gasteiger partial charge in [-0.1, -0.05) is 38.5 Å². The van der Waals surface area contributed by atoms with Crippen LogP contribution in [-0.2, 0) is 35.8 Å². The molecule has 4 atom stereocenters. The number of amides is 1. The average molecular weight is 433 g/mol. The van der Waals surface area contributed by atoms with Gasteiger partial charge in [0.15, 0.2) is 0 Å². The van der Waals surface area contributed by atoms with Crippen molar-refractivity contribution in [1.29, 1.82) is 0 Å². The van der Waals surface area contributed by atoms with Gasteiger partial charge < -0.3 is 4.90 Å². The van der Waals surface area contributed by atoms with Crippen LogP contribution in [-0.4, -0.2) is 12.5 Å². The number of carbonyl (C=O) groups is 1. The standard InChI is InChI=1S/C20H23NO.3CO.Fe/c1-3-15-12-16-13-21(17-9-5-4-6-10-17)19(22)20(16)11-7-8-14(2)18(15)20;3*1-2;/h4-11,15-16,18H,3,12-13H2,1-2H3;;;;/t15-,16+,18-,20-;;;;/m0..../s1. The van der Waals surface area contributed by atoms with Gasteiger partial charge in [-0.2, -0.15) is 0 Å². The van der Waals surface area contributed by atoms with Crippen LogP contribution in [0.3, 0.4) is 0 Å². The van der Waals surface area contributed by atoms with Crippen molar-refractivity contribution in [1.82, 2.24) is 0 Å². The second-order valence-corrected chi connectivity index (χ2v) is 7.03. The van der Waals surface area contributed by atoms with Crippen molar-refractivity contribution >= 4 is 11.6 Å². The summed E-state index contributed by atoms with van der Waals surface area (Å²) in [6.45, 7) is 18.8. The SMILES string of the molecule is CC[C@H]1C[C@@H]2CN(c3ccccc3)C(=O)[C@@]23[CH][CH][CH][C](C)[C@@H]13.[C-]#[O+].[C-]#[O+].[C-]#[O+].[Fe]. The van der Waals surface area contributed by atoms with Gasteiger partial charge in [0.2, 0.25) is 5.91 Å². The van der Waals surface area contributed by atoms with Gasteiger partial charge in [-0.05, 0) is 61.5 Å². The summed E-state index contributed by atoms with van der Waals surface area (Å²) in [6, 6.07) is 10.1. The molecule has 1 saturated heterocycles. The fourth-order valence-corrected chi connectivity index (χ4v) is 5.17. The molecule has 152 valence electrons. The Morgan fingerprint density at radius 2 is 1.69 bits per heavy atom. The zero-order chi connectivity index (χ0) is 21.3. The maximum absolute atomic E-state index is 13.4. The Balaban J connectivity index is 0.00000103. The van der Waals surface area contributed by atoms with Gasteiger partial charge in [-0.15, -0.1) is 0 Å². The fourth-order valence-electron chi connectivity index (χ4n) is 5.17. The molecule has 0 bridgehead atoms. The van der Waals surface area contributed by atoms with E-state index in [1.165, 1.54) is 18.8 Å². The Labute approximate surface area is 184 Å². The van der Waals surface area contributed by atoms with E-state index in [9.17, 15) is 4.79 Å². The molecule has 1 amide bonds. The minimum atomic E-state index is -0.282. The van der Waals surface area contributed by atoms with Crippen LogP contribution in [0.15, 0.2) is 30.3 Å². The molecule has 2 aliphatic carbocycles. The van der Waals surface area contributed by atoms with Crippen molar-refractivity contribution in [3.8, 4) is 0 Å². The second kappa shape index (κ2) is 12.9. The molecule has 0 unspecified atom stereocenters. The van der Waals surface area contributed by atoms with E-state index in [0.717, 1.165) is 12.2 Å². The number of benzene rings is 1. The molecule has 1 aromatic carbocycles. The van der Waals surface area contributed by atoms with Crippen molar-refractivity contribution < 1.29 is 35.8 Å². The van der Waals surface area contributed by atoms with Gasteiger partial charge in [-0.25, -0.2) is 0 Å². The van der Waals surface area contributed by atoms with Gasteiger partial charge in [0.25, 0.3) is 0 Å². The molecular formula is C23H23FeNO4. The second-order valence-electron chi connectivity index (χ2n) is 7.03. The van der Waals surface area contributed by atoms with E-state index in [1.54, 1.807) is 0 Å². The number of carbonyl (C=O) groups excluding carboxylic acids is 1. The predicted octanol–water partition coefficient (Wildman–Crippen LogP) is 3.79. The number of anilines is 1. The minimum absolute atomic E-state index is 0. The number of hydrogen-bond acceptors (Lipinski definition) is 1. The maximum Gasteiger partial charge on any atom is 0 e. The zero-order valence-electron chi connectivity index (χ0n) is 16.4. The molecule has 1 aromatic rings. The third-order valence-corrected chi connectivity index (χ3v) is 6.08. The van der Waals surface area contributed by atoms with Gasteiger partial charge in [0, 0.05) is 29.3 Å². The molecule has 6 heteroatoms. The molecule has 4 radical (unpaired) electrons. The summed E-state index contributed by atoms with van der Waals surface area (Å²) < 4.78 is 22.5. The van der Waals surface area contributed by atoms with Gasteiger partial charge in [0.1, 0.15) is 0 Å². The van der Waals surface area contributed by atoms with E-state index >= 15 is 0 Å². The quantitative estimate of drug-likeness (QED) is 0.397. The van der Waals surface area contributed by atoms with Crippen LogP contribution >= 0.6 is 0 Å². The topological polar surface area (TPSA) is 80.0 Å². The molecule has 0 aromatic heterocycles. The molecule has 1 aliphatic heterocycles. The normalized spacial score (nSPS) is 29.2. The molecule has 3 fully saturated rings. The van der Waals surface area contributed by atoms with E-state index in [1.807, 2.05) is 23.1 Å². The number of rotatable bonds is 2. The average Bonchev–Trinajstić information content (AvgIpc) is 3.24. The van der Waals surface area contributed by atoms with Crippen LogP contribution in [0.5, 0.6) is 0 Å². The first-order chi connectivity index (χ1) is 13.7. The zero-order valence-corrected chi connectivity index (χ0v) is 17.5. The summed E-state index contributed by atoms with van der Waals surface area (Å²) in [6.07, 6.45) is 8.88. The predicted molar refractivity (Wildman–Crippen MR) is 100 cm³/mol. The minimum Gasteiger partial charge on any atom is 0 e. The van der Waals surface area contributed by atoms with E-state index in [2.05, 4.69) is 65.2 Å². The van der Waals surface area contributed by atoms with Crippen LogP contribution in [0.4, 0.5) is 5.69 Å². The summed E-state index contributed by atoms with van der Waals surface area (Å²) >= 11 is 0. The van der Waals surface area contributed by atoms with Crippen LogP contribution < -0.4 is 4.90 Å². The van der Waals surface area contributed by atoms with Crippen LogP contribution in [0, 0.1) is 68.3 Å². The van der Waals surface area contributed by atoms with Crippen molar-refractivity contribution in [2.45, 2.75) is 26.7 Å². The first-order valence-electron chi connectivity index (χ1n) is 9.02. The Morgan fingerprint density at radius 3 is 2.24 bits per heavy atom. The largest absolute Gasteiger partial charge is 0 e. The molecule has 5 nitrogen and oxygen atoms in total.